The number of halogens is 2. The summed E-state index contributed by atoms with van der Waals surface area (Å²) in [4.78, 5) is 4.30. The first kappa shape index (κ1) is 23.8. The van der Waals surface area contributed by atoms with E-state index in [1.54, 1.807) is 13.3 Å². The van der Waals surface area contributed by atoms with E-state index in [1.807, 2.05) is 41.1 Å². The Labute approximate surface area is 177 Å². The van der Waals surface area contributed by atoms with Gasteiger partial charge in [0.1, 0.15) is 12.4 Å². The molecule has 0 spiro atoms. The van der Waals surface area contributed by atoms with Gasteiger partial charge >= 0.3 is 0 Å². The molecule has 6 nitrogen and oxygen atoms in total. The van der Waals surface area contributed by atoms with E-state index in [1.165, 1.54) is 0 Å². The summed E-state index contributed by atoms with van der Waals surface area (Å²) in [5, 5.41) is 4.77. The SMILES string of the molecule is COc1ccc(-n2nc(C(C)C)cc2-c2ccc(OCCN)cc2)cn1.Cl.Cl. The van der Waals surface area contributed by atoms with Crippen LogP contribution in [-0.2, 0) is 0 Å². The van der Waals surface area contributed by atoms with Crippen LogP contribution in [0, 0.1) is 0 Å². The molecule has 2 heterocycles. The number of ether oxygens (including phenoxy) is 2. The molecule has 0 amide bonds. The van der Waals surface area contributed by atoms with Gasteiger partial charge < -0.3 is 15.2 Å². The molecule has 28 heavy (non-hydrogen) atoms. The Morgan fingerprint density at radius 3 is 2.32 bits per heavy atom. The lowest BCUT2D eigenvalue weighted by Crippen LogP contribution is -2.10. The van der Waals surface area contributed by atoms with E-state index in [0.717, 1.165) is 28.4 Å². The van der Waals surface area contributed by atoms with Crippen LogP contribution in [0.5, 0.6) is 11.6 Å². The zero-order chi connectivity index (χ0) is 18.5. The zero-order valence-electron chi connectivity index (χ0n) is 16.2. The minimum Gasteiger partial charge on any atom is -0.492 e. The van der Waals surface area contributed by atoms with Gasteiger partial charge in [-0.05, 0) is 42.3 Å². The molecule has 3 rings (SSSR count). The van der Waals surface area contributed by atoms with Crippen LogP contribution in [0.3, 0.4) is 0 Å². The number of pyridine rings is 1. The van der Waals surface area contributed by atoms with Gasteiger partial charge in [-0.1, -0.05) is 13.8 Å². The Bertz CT molecular complexity index is 850. The number of rotatable bonds is 7. The maximum Gasteiger partial charge on any atom is 0.213 e. The summed E-state index contributed by atoms with van der Waals surface area (Å²) in [6, 6.07) is 13.9. The van der Waals surface area contributed by atoms with Gasteiger partial charge in [0, 0.05) is 18.2 Å². The second kappa shape index (κ2) is 10.9. The molecule has 2 N–H and O–H groups in total. The van der Waals surface area contributed by atoms with Crippen LogP contribution in [0.25, 0.3) is 16.9 Å². The van der Waals surface area contributed by atoms with Crippen LogP contribution in [0.15, 0.2) is 48.7 Å². The molecule has 0 aliphatic carbocycles. The van der Waals surface area contributed by atoms with Gasteiger partial charge in [0.2, 0.25) is 5.88 Å². The Morgan fingerprint density at radius 2 is 1.79 bits per heavy atom. The van der Waals surface area contributed by atoms with Gasteiger partial charge in [-0.15, -0.1) is 24.8 Å². The normalized spacial score (nSPS) is 10.2. The Hall–Kier alpha value is -2.28. The van der Waals surface area contributed by atoms with Crippen LogP contribution < -0.4 is 15.2 Å². The van der Waals surface area contributed by atoms with Crippen molar-refractivity contribution in [2.45, 2.75) is 19.8 Å². The molecular formula is C20H26Cl2N4O2. The van der Waals surface area contributed by atoms with E-state index in [4.69, 9.17) is 20.3 Å². The Kier molecular flexibility index (Phi) is 9.25. The molecule has 3 aromatic rings. The van der Waals surface area contributed by atoms with Gasteiger partial charge in [-0.25, -0.2) is 9.67 Å². The van der Waals surface area contributed by atoms with Crippen molar-refractivity contribution in [1.82, 2.24) is 14.8 Å². The van der Waals surface area contributed by atoms with Crippen molar-refractivity contribution in [3.63, 3.8) is 0 Å². The number of methoxy groups -OCH3 is 1. The Morgan fingerprint density at radius 1 is 1.07 bits per heavy atom. The lowest BCUT2D eigenvalue weighted by Gasteiger charge is -2.09. The van der Waals surface area contributed by atoms with Crippen molar-refractivity contribution in [1.29, 1.82) is 0 Å². The predicted molar refractivity (Wildman–Crippen MR) is 116 cm³/mol. The average Bonchev–Trinajstić information content (AvgIpc) is 3.12. The molecule has 8 heteroatoms. The summed E-state index contributed by atoms with van der Waals surface area (Å²) in [7, 11) is 1.60. The summed E-state index contributed by atoms with van der Waals surface area (Å²) < 4.78 is 12.6. The van der Waals surface area contributed by atoms with Crippen LogP contribution in [0.2, 0.25) is 0 Å². The van der Waals surface area contributed by atoms with E-state index < -0.39 is 0 Å². The molecule has 2 aromatic heterocycles. The van der Waals surface area contributed by atoms with Gasteiger partial charge in [-0.3, -0.25) is 0 Å². The number of nitrogens with two attached hydrogens (primary N) is 1. The molecule has 0 fully saturated rings. The van der Waals surface area contributed by atoms with Crippen LogP contribution in [0.4, 0.5) is 0 Å². The fraction of sp³-hybridized carbons (Fsp3) is 0.300. The second-order valence-corrected chi connectivity index (χ2v) is 6.24. The molecule has 0 aliphatic heterocycles. The Balaban J connectivity index is 0.00000196. The van der Waals surface area contributed by atoms with Crippen molar-refractivity contribution in [2.75, 3.05) is 20.3 Å². The summed E-state index contributed by atoms with van der Waals surface area (Å²) >= 11 is 0. The highest BCUT2D eigenvalue weighted by Gasteiger charge is 2.14. The van der Waals surface area contributed by atoms with Crippen molar-refractivity contribution < 1.29 is 9.47 Å². The smallest absolute Gasteiger partial charge is 0.213 e. The van der Waals surface area contributed by atoms with E-state index in [-0.39, 0.29) is 24.8 Å². The maximum atomic E-state index is 5.56. The largest absolute Gasteiger partial charge is 0.492 e. The molecule has 0 atom stereocenters. The van der Waals surface area contributed by atoms with Crippen LogP contribution in [0.1, 0.15) is 25.5 Å². The quantitative estimate of drug-likeness (QED) is 0.613. The van der Waals surface area contributed by atoms with E-state index in [0.29, 0.717) is 24.9 Å². The first-order valence-electron chi connectivity index (χ1n) is 8.66. The first-order chi connectivity index (χ1) is 12.6. The third-order valence-corrected chi connectivity index (χ3v) is 4.03. The van der Waals surface area contributed by atoms with Gasteiger partial charge in [0.15, 0.2) is 0 Å². The highest BCUT2D eigenvalue weighted by Crippen LogP contribution is 2.28. The lowest BCUT2D eigenvalue weighted by molar-refractivity contribution is 0.328. The van der Waals surface area contributed by atoms with Crippen molar-refractivity contribution >= 4 is 24.8 Å². The zero-order valence-corrected chi connectivity index (χ0v) is 17.8. The molecular weight excluding hydrogens is 399 g/mol. The highest BCUT2D eigenvalue weighted by atomic mass is 35.5. The molecule has 0 radical (unpaired) electrons. The monoisotopic (exact) mass is 424 g/mol. The molecule has 1 aromatic carbocycles. The third-order valence-electron chi connectivity index (χ3n) is 4.03. The number of nitrogens with zero attached hydrogens (tertiary/aromatic N) is 3. The van der Waals surface area contributed by atoms with Crippen molar-refractivity contribution in [2.24, 2.45) is 5.73 Å². The fourth-order valence-corrected chi connectivity index (χ4v) is 2.60. The summed E-state index contributed by atoms with van der Waals surface area (Å²) in [6.45, 7) is 5.27. The molecule has 0 saturated carbocycles. The maximum absolute atomic E-state index is 5.56. The summed E-state index contributed by atoms with van der Waals surface area (Å²) in [5.41, 5.74) is 9.46. The first-order valence-corrected chi connectivity index (χ1v) is 8.66. The lowest BCUT2D eigenvalue weighted by atomic mass is 10.1. The summed E-state index contributed by atoms with van der Waals surface area (Å²) in [6.07, 6.45) is 1.76. The van der Waals surface area contributed by atoms with Gasteiger partial charge in [0.05, 0.1) is 30.4 Å². The number of aromatic nitrogens is 3. The topological polar surface area (TPSA) is 75.2 Å². The van der Waals surface area contributed by atoms with Crippen LogP contribution >= 0.6 is 24.8 Å². The number of hydrogen-bond acceptors (Lipinski definition) is 5. The number of benzene rings is 1. The molecule has 0 bridgehead atoms. The fourth-order valence-electron chi connectivity index (χ4n) is 2.60. The third kappa shape index (κ3) is 5.38. The van der Waals surface area contributed by atoms with E-state index >= 15 is 0 Å². The van der Waals surface area contributed by atoms with E-state index in [9.17, 15) is 0 Å². The molecule has 152 valence electrons. The van der Waals surface area contributed by atoms with Gasteiger partial charge in [0.25, 0.3) is 0 Å². The van der Waals surface area contributed by atoms with E-state index in [2.05, 4.69) is 24.9 Å². The van der Waals surface area contributed by atoms with Crippen molar-refractivity contribution in [3.05, 3.63) is 54.4 Å². The van der Waals surface area contributed by atoms with Gasteiger partial charge in [-0.2, -0.15) is 5.10 Å². The van der Waals surface area contributed by atoms with Crippen molar-refractivity contribution in [3.8, 4) is 28.6 Å². The standard InChI is InChI=1S/C20H24N4O2.2ClH/c1-14(2)18-12-19(15-4-7-17(8-5-15)26-11-10-21)24(23-18)16-6-9-20(25-3)22-13-16;;/h4-9,12-14H,10-11,21H2,1-3H3;2*1H. The second-order valence-electron chi connectivity index (χ2n) is 6.24. The highest BCUT2D eigenvalue weighted by molar-refractivity contribution is 5.85. The molecule has 0 unspecified atom stereocenters. The van der Waals surface area contributed by atoms with Crippen LogP contribution in [-0.4, -0.2) is 35.0 Å². The summed E-state index contributed by atoms with van der Waals surface area (Å²) in [5.74, 6) is 1.71. The average molecular weight is 425 g/mol. The number of hydrogen-bond donors (Lipinski definition) is 1. The minimum atomic E-state index is 0. The predicted octanol–water partition coefficient (Wildman–Crippen LogP) is 4.25. The minimum absolute atomic E-state index is 0. The molecule has 0 saturated heterocycles. The molecule has 0 aliphatic rings.